The van der Waals surface area contributed by atoms with E-state index < -0.39 is 117 Å². The summed E-state index contributed by atoms with van der Waals surface area (Å²) in [6, 6.07) is 0. The zero-order valence-electron chi connectivity index (χ0n) is 45.3. The molecule has 6 heterocycles. The molecule has 0 aliphatic carbocycles. The summed E-state index contributed by atoms with van der Waals surface area (Å²) in [4.78, 5) is 135. The van der Waals surface area contributed by atoms with Crippen LogP contribution >= 0.6 is 31.3 Å². The summed E-state index contributed by atoms with van der Waals surface area (Å²) in [5, 5.41) is 26.7. The van der Waals surface area contributed by atoms with Crippen LogP contribution in [0.4, 0.5) is 21.5 Å². The monoisotopic (exact) mass is 1300 g/mol. The van der Waals surface area contributed by atoms with Crippen LogP contribution in [0.3, 0.4) is 0 Å². The van der Waals surface area contributed by atoms with Crippen molar-refractivity contribution in [3.05, 3.63) is 33.4 Å². The molecule has 2 amide bonds. The van der Waals surface area contributed by atoms with Gasteiger partial charge in [0.2, 0.25) is 11.9 Å². The number of nitrogens with two attached hydrogens (primary N) is 4. The first-order valence-electron chi connectivity index (χ1n) is 22.4. The second-order valence-electron chi connectivity index (χ2n) is 16.2. The number of aliphatic hydroxyl groups excluding tert-OH is 2. The topological polar surface area (TPSA) is 610 Å². The molecule has 10 atom stereocenters. The third-order valence-corrected chi connectivity index (χ3v) is 14.7. The van der Waals surface area contributed by atoms with Gasteiger partial charge in [-0.05, 0) is 38.8 Å². The van der Waals surface area contributed by atoms with Gasteiger partial charge in [-0.3, -0.25) is 46.4 Å². The van der Waals surface area contributed by atoms with Gasteiger partial charge in [0, 0.05) is 13.1 Å². The molecule has 6 rings (SSSR count). The Morgan fingerprint density at radius 2 is 0.976 bits per heavy atom. The average molecular weight is 1300 g/mol. The summed E-state index contributed by atoms with van der Waals surface area (Å²) in [6.45, 7) is -0.505. The van der Waals surface area contributed by atoms with E-state index in [0.717, 1.165) is 60.3 Å². The Labute approximate surface area is 597 Å². The zero-order chi connectivity index (χ0) is 56.2. The van der Waals surface area contributed by atoms with Gasteiger partial charge in [-0.25, -0.2) is 19.6 Å². The number of aromatic amines is 2. The first-order valence-corrected chi connectivity index (χ1v) is 28.3. The van der Waals surface area contributed by atoms with Crippen LogP contribution in [0.5, 0.6) is 0 Å². The third-order valence-electron chi connectivity index (χ3n) is 10.6. The number of aromatic nitrogens is 8. The Morgan fingerprint density at radius 3 is 1.39 bits per heavy atom. The van der Waals surface area contributed by atoms with Gasteiger partial charge in [-0.2, -0.15) is 9.97 Å². The number of hydrogen-bond acceptors (Lipinski definition) is 32. The Kier molecular flexibility index (Phi) is 40.9. The standard InChI is InChI=1S/2C17H29N7O12P2.6Na/c18-5-3-1-2-4-6-20-17(27)35-12-9(7-33-38(31,32)36-37(28,29)30)34-15(11(12)25)24-8-21-10-13(24)22-16(19)23-14(10)26;18-5-3-1-2-4-6-20-17(27)35-12-11(25)9(7-33-38(31,32)36-37(28,29)30)34-15(12)24-8-21-10-13(24)22-16(19)23-14(10)26;;;;;;/h2*8-9,11-12,15,25H,1-7,18H2,(H,20,27)(H,31,32)(H2,28,29,30)(H3,19,22,23,26);;;;;;/q;;6*+1/p-6/t2*9-,11-,12-,15-;;;;;;/m11....../s1. The number of rotatable bonds is 26. The number of ether oxygens (including phenoxy) is 4. The molecule has 14 N–H and O–H groups in total. The van der Waals surface area contributed by atoms with E-state index in [9.17, 15) is 77.0 Å². The normalized spacial score (nSPS) is 21.7. The predicted octanol–water partition coefficient (Wildman–Crippen LogP) is -24.2. The van der Waals surface area contributed by atoms with E-state index in [1.807, 2.05) is 0 Å². The Bertz CT molecular complexity index is 2950. The first kappa shape index (κ1) is 85.2. The van der Waals surface area contributed by atoms with E-state index in [1.54, 1.807) is 0 Å². The fourth-order valence-electron chi connectivity index (χ4n) is 7.27. The van der Waals surface area contributed by atoms with Crippen LogP contribution in [0.15, 0.2) is 22.2 Å². The number of H-pyrrole nitrogens is 2. The van der Waals surface area contributed by atoms with E-state index in [1.165, 1.54) is 0 Å². The number of imidazole rings is 2. The van der Waals surface area contributed by atoms with E-state index in [2.05, 4.69) is 58.2 Å². The SMILES string of the molecule is NCCCCCCNC(=O)O[C@@H]1[C@H](O)[C@@H](COP(=O)([O-])OP(=O)([O-])[O-])O[C@H]1n1cnc2c(=O)[nH]c(N)nc21.NCCCCCCNC(=O)O[C@H]1[C@@H](O)[C@H](n2cnc3c(=O)[nH]c(N)nc32)O[C@@H]1COP(=O)([O-])OP(=O)([O-])[O-].[Na+].[Na+].[Na+].[Na+].[Na+].[Na+]. The Balaban J connectivity index is 0. The number of carbonyl (C=O) groups is 2. The minimum absolute atomic E-state index is 0. The smallest absolute Gasteiger partial charge is 0.790 e. The molecule has 2 fully saturated rings. The molecule has 0 aromatic carbocycles. The third kappa shape index (κ3) is 26.9. The largest absolute Gasteiger partial charge is 1.00 e. The van der Waals surface area contributed by atoms with Crippen LogP contribution in [-0.4, -0.2) is 137 Å². The number of nitrogen functional groups attached to an aromatic ring is 2. The summed E-state index contributed by atoms with van der Waals surface area (Å²) in [5.41, 5.74) is 20.1. The number of anilines is 2. The molecule has 2 aliphatic rings. The molecule has 2 unspecified atom stereocenters. The maximum atomic E-state index is 12.4. The number of alkyl carbamates (subject to hydrolysis) is 2. The van der Waals surface area contributed by atoms with Gasteiger partial charge >= 0.3 is 190 Å². The molecule has 48 heteroatoms. The molecule has 4 aromatic rings. The molecule has 428 valence electrons. The molecule has 4 aromatic heterocycles. The maximum absolute atomic E-state index is 12.4. The summed E-state index contributed by atoms with van der Waals surface area (Å²) >= 11 is 0. The van der Waals surface area contributed by atoms with Crippen molar-refractivity contribution in [2.75, 3.05) is 50.9 Å². The van der Waals surface area contributed by atoms with Crippen molar-refractivity contribution in [1.29, 1.82) is 0 Å². The van der Waals surface area contributed by atoms with Crippen molar-refractivity contribution in [1.82, 2.24) is 49.7 Å². The van der Waals surface area contributed by atoms with Crippen molar-refractivity contribution in [2.24, 2.45) is 11.5 Å². The number of phosphoric acid groups is 4. The van der Waals surface area contributed by atoms with E-state index in [0.29, 0.717) is 25.9 Å². The van der Waals surface area contributed by atoms with E-state index >= 15 is 0 Å². The number of amides is 2. The molecule has 0 radical (unpaired) electrons. The quantitative estimate of drug-likeness (QED) is 0.0159. The summed E-state index contributed by atoms with van der Waals surface area (Å²) in [5.74, 6) is -0.559. The number of aliphatic hydroxyl groups is 2. The van der Waals surface area contributed by atoms with Crippen LogP contribution in [0.1, 0.15) is 63.8 Å². The molecule has 0 spiro atoms. The second kappa shape index (κ2) is 39.4. The summed E-state index contributed by atoms with van der Waals surface area (Å²) in [6.07, 6.45) is -6.08. The number of fused-ring (bicyclic) bond motifs is 2. The molecule has 0 saturated carbocycles. The zero-order valence-corrected chi connectivity index (χ0v) is 60.9. The van der Waals surface area contributed by atoms with Gasteiger partial charge in [-0.15, -0.1) is 0 Å². The van der Waals surface area contributed by atoms with Crippen LogP contribution < -0.4 is 251 Å². The molecular formula is C34H52N14Na6O24P4. The molecule has 2 aliphatic heterocycles. The fourth-order valence-corrected chi connectivity index (χ4v) is 10.3. The van der Waals surface area contributed by atoms with Gasteiger partial charge in [0.05, 0.1) is 41.5 Å². The summed E-state index contributed by atoms with van der Waals surface area (Å²) < 4.78 is 84.2. The minimum atomic E-state index is -5.97. The second-order valence-corrected chi connectivity index (χ2v) is 21.6. The van der Waals surface area contributed by atoms with Crippen molar-refractivity contribution in [3.63, 3.8) is 0 Å². The fraction of sp³-hybridized carbons (Fsp3) is 0.647. The van der Waals surface area contributed by atoms with Crippen LogP contribution in [0.25, 0.3) is 22.3 Å². The Hall–Kier alpha value is 1.12. The van der Waals surface area contributed by atoms with Gasteiger partial charge in [0.1, 0.15) is 24.4 Å². The average Bonchev–Trinajstić information content (AvgIpc) is 4.07. The van der Waals surface area contributed by atoms with E-state index in [4.69, 9.17) is 41.9 Å². The number of phosphoric ester groups is 2. The predicted molar refractivity (Wildman–Crippen MR) is 241 cm³/mol. The molecular weight excluding hydrogens is 1250 g/mol. The minimum Gasteiger partial charge on any atom is -0.790 e. The molecule has 82 heavy (non-hydrogen) atoms. The van der Waals surface area contributed by atoms with Gasteiger partial charge in [0.15, 0.2) is 47.0 Å². The van der Waals surface area contributed by atoms with Crippen LogP contribution in [0.2, 0.25) is 0 Å². The molecule has 2 saturated heterocycles. The van der Waals surface area contributed by atoms with Gasteiger partial charge < -0.3 is 110 Å². The first-order chi connectivity index (χ1) is 35.6. The van der Waals surface area contributed by atoms with Crippen LogP contribution in [0, 0.1) is 0 Å². The number of nitrogens with zero attached hydrogens (tertiary/aromatic N) is 6. The van der Waals surface area contributed by atoms with Crippen molar-refractivity contribution in [3.8, 4) is 0 Å². The Morgan fingerprint density at radius 1 is 0.598 bits per heavy atom. The van der Waals surface area contributed by atoms with Crippen molar-refractivity contribution >= 4 is 77.7 Å². The van der Waals surface area contributed by atoms with Gasteiger partial charge in [0.25, 0.3) is 26.8 Å². The van der Waals surface area contributed by atoms with Crippen LogP contribution in [-0.2, 0) is 54.9 Å². The number of carbonyl (C=O) groups excluding carboxylic acids is 2. The summed E-state index contributed by atoms with van der Waals surface area (Å²) in [7, 11) is -23.2. The van der Waals surface area contributed by atoms with Crippen molar-refractivity contribution in [2.45, 2.75) is 100 Å². The maximum Gasteiger partial charge on any atom is 1.00 e. The van der Waals surface area contributed by atoms with E-state index in [-0.39, 0.29) is 225 Å². The number of nitrogens with one attached hydrogen (secondary N) is 4. The van der Waals surface area contributed by atoms with Gasteiger partial charge in [-0.1, -0.05) is 25.7 Å². The number of hydrogen-bond donors (Lipinski definition) is 10. The molecule has 0 bridgehead atoms. The molecule has 38 nitrogen and oxygen atoms in total. The van der Waals surface area contributed by atoms with Crippen molar-refractivity contribution < 1.29 is 281 Å². The number of unbranched alkanes of at least 4 members (excludes halogenated alkanes) is 6.